The van der Waals surface area contributed by atoms with Crippen LogP contribution in [-0.4, -0.2) is 68.4 Å². The van der Waals surface area contributed by atoms with Gasteiger partial charge in [0.25, 0.3) is 5.91 Å². The van der Waals surface area contributed by atoms with Gasteiger partial charge < -0.3 is 10.2 Å². The number of rotatable bonds is 5. The number of nitrogens with zero attached hydrogens (tertiary/aromatic N) is 2. The Kier molecular flexibility index (Phi) is 6.95. The van der Waals surface area contributed by atoms with Crippen molar-refractivity contribution < 1.29 is 18.0 Å². The highest BCUT2D eigenvalue weighted by Crippen LogP contribution is 2.21. The molecule has 160 valence electrons. The number of carbonyl (C=O) groups is 2. The average Bonchev–Trinajstić information content (AvgIpc) is 2.72. The predicted molar refractivity (Wildman–Crippen MR) is 112 cm³/mol. The largest absolute Gasteiger partial charge is 0.356 e. The summed E-state index contributed by atoms with van der Waals surface area (Å²) >= 11 is 0. The minimum atomic E-state index is -3.13. The predicted octanol–water partition coefficient (Wildman–Crippen LogP) is 1.64. The number of hydrogen-bond donors (Lipinski definition) is 1. The van der Waals surface area contributed by atoms with E-state index in [0.29, 0.717) is 44.2 Å². The van der Waals surface area contributed by atoms with Crippen molar-refractivity contribution in [1.82, 2.24) is 14.5 Å². The number of carbonyl (C=O) groups excluding carboxylic acids is 2. The second kappa shape index (κ2) is 9.26. The SMILES string of the molecule is Cc1ccc(C(=O)N2CCCC(C(=O)NCC3CCN(S(C)(=O)=O)CC3)C2)cc1. The van der Waals surface area contributed by atoms with Crippen molar-refractivity contribution >= 4 is 21.8 Å². The Morgan fingerprint density at radius 2 is 1.72 bits per heavy atom. The van der Waals surface area contributed by atoms with Crippen molar-refractivity contribution in [3.8, 4) is 0 Å². The first-order valence-corrected chi connectivity index (χ1v) is 12.2. The molecule has 1 aromatic rings. The molecule has 2 amide bonds. The van der Waals surface area contributed by atoms with Crippen molar-refractivity contribution in [2.24, 2.45) is 11.8 Å². The molecule has 0 bridgehead atoms. The summed E-state index contributed by atoms with van der Waals surface area (Å²) < 4.78 is 24.7. The lowest BCUT2D eigenvalue weighted by Gasteiger charge is -2.33. The lowest BCUT2D eigenvalue weighted by molar-refractivity contribution is -0.126. The quantitative estimate of drug-likeness (QED) is 0.783. The minimum absolute atomic E-state index is 0.00283. The Balaban J connectivity index is 1.47. The number of nitrogens with one attached hydrogen (secondary N) is 1. The molecule has 2 heterocycles. The van der Waals surface area contributed by atoms with E-state index in [9.17, 15) is 18.0 Å². The molecule has 0 spiro atoms. The Morgan fingerprint density at radius 3 is 2.34 bits per heavy atom. The van der Waals surface area contributed by atoms with Crippen LogP contribution in [-0.2, 0) is 14.8 Å². The molecule has 2 aliphatic rings. The summed E-state index contributed by atoms with van der Waals surface area (Å²) in [5, 5.41) is 3.04. The monoisotopic (exact) mass is 421 g/mol. The summed E-state index contributed by atoms with van der Waals surface area (Å²) in [6.45, 7) is 4.72. The first-order valence-electron chi connectivity index (χ1n) is 10.3. The van der Waals surface area contributed by atoms with E-state index in [4.69, 9.17) is 0 Å². The van der Waals surface area contributed by atoms with Gasteiger partial charge in [0.15, 0.2) is 0 Å². The molecule has 3 rings (SSSR count). The highest BCUT2D eigenvalue weighted by atomic mass is 32.2. The number of amides is 2. The normalized spacial score (nSPS) is 21.7. The van der Waals surface area contributed by atoms with E-state index in [1.54, 1.807) is 4.90 Å². The maximum Gasteiger partial charge on any atom is 0.253 e. The van der Waals surface area contributed by atoms with Crippen LogP contribution in [0.3, 0.4) is 0 Å². The van der Waals surface area contributed by atoms with Gasteiger partial charge in [0.1, 0.15) is 0 Å². The van der Waals surface area contributed by atoms with Crippen LogP contribution >= 0.6 is 0 Å². The number of piperidine rings is 2. The summed E-state index contributed by atoms with van der Waals surface area (Å²) in [4.78, 5) is 27.2. The Labute approximate surface area is 173 Å². The summed E-state index contributed by atoms with van der Waals surface area (Å²) in [6.07, 6.45) is 4.37. The molecule has 1 N–H and O–H groups in total. The Hall–Kier alpha value is -1.93. The molecule has 1 atom stereocenters. The van der Waals surface area contributed by atoms with Crippen LogP contribution in [0.1, 0.15) is 41.6 Å². The zero-order valence-electron chi connectivity index (χ0n) is 17.3. The molecule has 1 aromatic carbocycles. The standard InChI is InChI=1S/C21H31N3O4S/c1-16-5-7-18(8-6-16)21(26)23-11-3-4-19(15-23)20(25)22-14-17-9-12-24(13-10-17)29(2,27)28/h5-8,17,19H,3-4,9-15H2,1-2H3,(H,22,25). The fraction of sp³-hybridized carbons (Fsp3) is 0.619. The van der Waals surface area contributed by atoms with Crippen LogP contribution in [0.25, 0.3) is 0 Å². The van der Waals surface area contributed by atoms with Gasteiger partial charge >= 0.3 is 0 Å². The number of likely N-dealkylation sites (tertiary alicyclic amines) is 1. The van der Waals surface area contributed by atoms with Gasteiger partial charge in [0, 0.05) is 38.3 Å². The highest BCUT2D eigenvalue weighted by Gasteiger charge is 2.30. The smallest absolute Gasteiger partial charge is 0.253 e. The van der Waals surface area contributed by atoms with Crippen LogP contribution < -0.4 is 5.32 Å². The van der Waals surface area contributed by atoms with Gasteiger partial charge in [-0.3, -0.25) is 9.59 Å². The fourth-order valence-electron chi connectivity index (χ4n) is 4.09. The average molecular weight is 422 g/mol. The lowest BCUT2D eigenvalue weighted by atomic mass is 9.95. The molecule has 29 heavy (non-hydrogen) atoms. The van der Waals surface area contributed by atoms with Crippen LogP contribution in [0, 0.1) is 18.8 Å². The maximum absolute atomic E-state index is 12.7. The molecule has 8 heteroatoms. The van der Waals surface area contributed by atoms with Crippen LogP contribution in [0.5, 0.6) is 0 Å². The zero-order valence-corrected chi connectivity index (χ0v) is 18.1. The second-order valence-electron chi connectivity index (χ2n) is 8.31. The molecule has 1 unspecified atom stereocenters. The van der Waals surface area contributed by atoms with E-state index in [0.717, 1.165) is 31.2 Å². The lowest BCUT2D eigenvalue weighted by Crippen LogP contribution is -2.47. The molecule has 2 aliphatic heterocycles. The molecule has 2 fully saturated rings. The molecule has 0 aromatic heterocycles. The van der Waals surface area contributed by atoms with E-state index in [1.807, 2.05) is 31.2 Å². The third-order valence-corrected chi connectivity index (χ3v) is 7.29. The van der Waals surface area contributed by atoms with Gasteiger partial charge in [-0.05, 0) is 50.7 Å². The van der Waals surface area contributed by atoms with Gasteiger partial charge in [0.05, 0.1) is 12.2 Å². The molecule has 7 nitrogen and oxygen atoms in total. The maximum atomic E-state index is 12.7. The first kappa shape index (κ1) is 21.8. The van der Waals surface area contributed by atoms with Crippen LogP contribution in [0.4, 0.5) is 0 Å². The Morgan fingerprint density at radius 1 is 1.07 bits per heavy atom. The van der Waals surface area contributed by atoms with Crippen molar-refractivity contribution in [3.05, 3.63) is 35.4 Å². The molecule has 2 saturated heterocycles. The number of hydrogen-bond acceptors (Lipinski definition) is 4. The van der Waals surface area contributed by atoms with Crippen LogP contribution in [0.15, 0.2) is 24.3 Å². The van der Waals surface area contributed by atoms with Crippen molar-refractivity contribution in [1.29, 1.82) is 0 Å². The molecule has 0 radical (unpaired) electrons. The molecular weight excluding hydrogens is 390 g/mol. The molecular formula is C21H31N3O4S. The summed E-state index contributed by atoms with van der Waals surface area (Å²) in [7, 11) is -3.13. The van der Waals surface area contributed by atoms with Crippen LogP contribution in [0.2, 0.25) is 0 Å². The van der Waals surface area contributed by atoms with Gasteiger partial charge in [-0.2, -0.15) is 0 Å². The minimum Gasteiger partial charge on any atom is -0.356 e. The zero-order chi connectivity index (χ0) is 21.0. The Bertz CT molecular complexity index is 830. The number of benzene rings is 1. The van der Waals surface area contributed by atoms with Gasteiger partial charge in [-0.1, -0.05) is 17.7 Å². The molecule has 0 aliphatic carbocycles. The van der Waals surface area contributed by atoms with E-state index in [-0.39, 0.29) is 17.7 Å². The van der Waals surface area contributed by atoms with Crippen molar-refractivity contribution in [2.45, 2.75) is 32.6 Å². The third kappa shape index (κ3) is 5.79. The van der Waals surface area contributed by atoms with Gasteiger partial charge in [0.2, 0.25) is 15.9 Å². The van der Waals surface area contributed by atoms with Gasteiger partial charge in [-0.15, -0.1) is 0 Å². The van der Waals surface area contributed by atoms with Crippen molar-refractivity contribution in [2.75, 3.05) is 39.0 Å². The summed E-state index contributed by atoms with van der Waals surface area (Å²) in [5.74, 6) is 0.0905. The topological polar surface area (TPSA) is 86.8 Å². The number of aryl methyl sites for hydroxylation is 1. The summed E-state index contributed by atoms with van der Waals surface area (Å²) in [6, 6.07) is 7.53. The number of sulfonamides is 1. The highest BCUT2D eigenvalue weighted by molar-refractivity contribution is 7.88. The first-order chi connectivity index (χ1) is 13.7. The molecule has 0 saturated carbocycles. The van der Waals surface area contributed by atoms with E-state index >= 15 is 0 Å². The second-order valence-corrected chi connectivity index (χ2v) is 10.3. The van der Waals surface area contributed by atoms with E-state index < -0.39 is 10.0 Å². The summed E-state index contributed by atoms with van der Waals surface area (Å²) in [5.41, 5.74) is 1.77. The van der Waals surface area contributed by atoms with Gasteiger partial charge in [-0.25, -0.2) is 12.7 Å². The van der Waals surface area contributed by atoms with Crippen molar-refractivity contribution in [3.63, 3.8) is 0 Å². The van der Waals surface area contributed by atoms with E-state index in [2.05, 4.69) is 5.32 Å². The van der Waals surface area contributed by atoms with E-state index in [1.165, 1.54) is 10.6 Å². The fourth-order valence-corrected chi connectivity index (χ4v) is 4.96. The third-order valence-electron chi connectivity index (χ3n) is 5.99.